The van der Waals surface area contributed by atoms with Crippen LogP contribution in [0.1, 0.15) is 16.1 Å². The maximum Gasteiger partial charge on any atom is 0.223 e. The minimum atomic E-state index is -1.42. The van der Waals surface area contributed by atoms with Crippen molar-refractivity contribution in [2.24, 2.45) is 0 Å². The number of rotatable bonds is 5. The van der Waals surface area contributed by atoms with Gasteiger partial charge in [0.2, 0.25) is 5.95 Å². The molecule has 0 saturated carbocycles. The highest BCUT2D eigenvalue weighted by molar-refractivity contribution is 6.33. The number of carbonyl (C=O) groups excluding carboxylic acids is 1. The van der Waals surface area contributed by atoms with E-state index >= 15 is 0 Å². The molecule has 0 amide bonds. The summed E-state index contributed by atoms with van der Waals surface area (Å²) in [6.07, 6.45) is 2.03. The molecule has 0 aliphatic rings. The van der Waals surface area contributed by atoms with Gasteiger partial charge in [0.15, 0.2) is 0 Å². The lowest BCUT2D eigenvalue weighted by Crippen LogP contribution is -2.24. The molecule has 0 radical (unpaired) electrons. The van der Waals surface area contributed by atoms with Crippen LogP contribution in [0.5, 0.6) is 0 Å². The van der Waals surface area contributed by atoms with Crippen molar-refractivity contribution in [3.8, 4) is 0 Å². The van der Waals surface area contributed by atoms with Crippen molar-refractivity contribution in [1.29, 1.82) is 0 Å². The van der Waals surface area contributed by atoms with Gasteiger partial charge in [-0.05, 0) is 12.0 Å². The number of carboxylic acids is 1. The van der Waals surface area contributed by atoms with Crippen LogP contribution >= 0.6 is 11.6 Å². The maximum absolute atomic E-state index is 10.8. The number of carboxylic acid groups (broad SMARTS) is 1. The predicted octanol–water partition coefficient (Wildman–Crippen LogP) is 1.15. The van der Waals surface area contributed by atoms with Gasteiger partial charge in [-0.3, -0.25) is 0 Å². The number of nitrogens with zero attached hydrogens (tertiary/aromatic N) is 2. The fourth-order valence-corrected chi connectivity index (χ4v) is 1.73. The van der Waals surface area contributed by atoms with E-state index in [-0.39, 0.29) is 16.7 Å². The first-order valence-corrected chi connectivity index (χ1v) is 6.06. The quantitative estimate of drug-likeness (QED) is 0.886. The van der Waals surface area contributed by atoms with E-state index in [1.807, 2.05) is 30.3 Å². The van der Waals surface area contributed by atoms with E-state index in [4.69, 9.17) is 11.6 Å². The Morgan fingerprint density at radius 3 is 2.74 bits per heavy atom. The Morgan fingerprint density at radius 1 is 1.32 bits per heavy atom. The van der Waals surface area contributed by atoms with Crippen LogP contribution in [0, 0.1) is 0 Å². The number of hydrogen-bond donors (Lipinski definition) is 1. The highest BCUT2D eigenvalue weighted by Gasteiger charge is 2.05. The van der Waals surface area contributed by atoms with Crippen LogP contribution in [0.4, 0.5) is 5.95 Å². The highest BCUT2D eigenvalue weighted by Crippen LogP contribution is 2.13. The monoisotopic (exact) mass is 276 g/mol. The first-order valence-electron chi connectivity index (χ1n) is 5.68. The van der Waals surface area contributed by atoms with E-state index < -0.39 is 5.97 Å². The van der Waals surface area contributed by atoms with Crippen LogP contribution in [0.3, 0.4) is 0 Å². The summed E-state index contributed by atoms with van der Waals surface area (Å²) in [5.41, 5.74) is 0.864. The van der Waals surface area contributed by atoms with Crippen molar-refractivity contribution in [2.75, 3.05) is 11.9 Å². The number of benzene rings is 1. The molecule has 5 nitrogen and oxygen atoms in total. The van der Waals surface area contributed by atoms with Gasteiger partial charge in [-0.2, -0.15) is 0 Å². The Labute approximate surface area is 115 Å². The first-order chi connectivity index (χ1) is 9.16. The molecular weight excluding hydrogens is 266 g/mol. The van der Waals surface area contributed by atoms with Crippen LogP contribution in [0.2, 0.25) is 5.02 Å². The van der Waals surface area contributed by atoms with Crippen LogP contribution < -0.4 is 10.4 Å². The smallest absolute Gasteiger partial charge is 0.223 e. The van der Waals surface area contributed by atoms with Gasteiger partial charge in [-0.25, -0.2) is 9.97 Å². The fraction of sp³-hybridized carbons (Fsp3) is 0.154. The van der Waals surface area contributed by atoms with Crippen LogP contribution in [-0.4, -0.2) is 22.5 Å². The highest BCUT2D eigenvalue weighted by atomic mass is 35.5. The SMILES string of the molecule is O=C([O-])c1nc(NCCc2ccccc2)ncc1Cl. The van der Waals surface area contributed by atoms with Gasteiger partial charge >= 0.3 is 0 Å². The van der Waals surface area contributed by atoms with Crippen molar-refractivity contribution in [3.05, 3.63) is 52.8 Å². The number of carbonyl (C=O) groups is 1. The Kier molecular flexibility index (Phi) is 4.30. The third-order valence-corrected chi connectivity index (χ3v) is 2.75. The van der Waals surface area contributed by atoms with Crippen molar-refractivity contribution in [2.45, 2.75) is 6.42 Å². The van der Waals surface area contributed by atoms with Crippen LogP contribution in [0.15, 0.2) is 36.5 Å². The zero-order valence-electron chi connectivity index (χ0n) is 9.97. The Bertz CT molecular complexity index is 575. The molecule has 0 spiro atoms. The molecule has 2 aromatic rings. The van der Waals surface area contributed by atoms with Gasteiger partial charge < -0.3 is 15.2 Å². The summed E-state index contributed by atoms with van der Waals surface area (Å²) in [6.45, 7) is 0.595. The average molecular weight is 277 g/mol. The Morgan fingerprint density at radius 2 is 2.05 bits per heavy atom. The van der Waals surface area contributed by atoms with Gasteiger partial charge in [-0.15, -0.1) is 0 Å². The minimum Gasteiger partial charge on any atom is -0.543 e. The van der Waals surface area contributed by atoms with Crippen molar-refractivity contribution >= 4 is 23.5 Å². The van der Waals surface area contributed by atoms with Gasteiger partial charge in [-0.1, -0.05) is 41.9 Å². The topological polar surface area (TPSA) is 77.9 Å². The molecule has 0 aliphatic heterocycles. The normalized spacial score (nSPS) is 10.2. The molecule has 0 aliphatic carbocycles. The Balaban J connectivity index is 1.97. The number of anilines is 1. The van der Waals surface area contributed by atoms with E-state index in [2.05, 4.69) is 15.3 Å². The second-order valence-electron chi connectivity index (χ2n) is 3.84. The molecule has 1 heterocycles. The molecular formula is C13H11ClN3O2-. The fourth-order valence-electron chi connectivity index (χ4n) is 1.56. The summed E-state index contributed by atoms with van der Waals surface area (Å²) in [5, 5.41) is 13.7. The van der Waals surface area contributed by atoms with Gasteiger partial charge in [0.1, 0.15) is 5.69 Å². The zero-order valence-corrected chi connectivity index (χ0v) is 10.7. The molecule has 98 valence electrons. The molecule has 1 N–H and O–H groups in total. The summed E-state index contributed by atoms with van der Waals surface area (Å²) < 4.78 is 0. The van der Waals surface area contributed by atoms with E-state index in [0.717, 1.165) is 6.42 Å². The van der Waals surface area contributed by atoms with Gasteiger partial charge in [0, 0.05) is 6.54 Å². The molecule has 0 fully saturated rings. The number of nitrogens with one attached hydrogen (secondary N) is 1. The van der Waals surface area contributed by atoms with E-state index in [1.54, 1.807) is 0 Å². The number of aromatic nitrogens is 2. The van der Waals surface area contributed by atoms with Gasteiger partial charge in [0.25, 0.3) is 0 Å². The number of hydrogen-bond acceptors (Lipinski definition) is 5. The molecule has 1 aromatic carbocycles. The average Bonchev–Trinajstić information content (AvgIpc) is 2.41. The Hall–Kier alpha value is -2.14. The molecule has 1 aromatic heterocycles. The largest absolute Gasteiger partial charge is 0.543 e. The summed E-state index contributed by atoms with van der Waals surface area (Å²) in [7, 11) is 0. The van der Waals surface area contributed by atoms with E-state index in [1.165, 1.54) is 11.8 Å². The lowest BCUT2D eigenvalue weighted by atomic mass is 10.1. The molecule has 2 rings (SSSR count). The lowest BCUT2D eigenvalue weighted by Gasteiger charge is -2.08. The first kappa shape index (κ1) is 13.3. The van der Waals surface area contributed by atoms with E-state index in [0.29, 0.717) is 6.54 Å². The molecule has 19 heavy (non-hydrogen) atoms. The van der Waals surface area contributed by atoms with Crippen molar-refractivity contribution in [1.82, 2.24) is 9.97 Å². The second-order valence-corrected chi connectivity index (χ2v) is 4.25. The van der Waals surface area contributed by atoms with Crippen molar-refractivity contribution in [3.63, 3.8) is 0 Å². The lowest BCUT2D eigenvalue weighted by molar-refractivity contribution is -0.255. The zero-order chi connectivity index (χ0) is 13.7. The predicted molar refractivity (Wildman–Crippen MR) is 70.0 cm³/mol. The third-order valence-electron chi connectivity index (χ3n) is 2.48. The molecule has 0 atom stereocenters. The summed E-state index contributed by atoms with van der Waals surface area (Å²) in [4.78, 5) is 18.4. The number of aromatic carboxylic acids is 1. The molecule has 0 unspecified atom stereocenters. The van der Waals surface area contributed by atoms with E-state index in [9.17, 15) is 9.90 Å². The third kappa shape index (κ3) is 3.66. The summed E-state index contributed by atoms with van der Waals surface area (Å²) in [6, 6.07) is 9.89. The van der Waals surface area contributed by atoms with Crippen LogP contribution in [0.25, 0.3) is 0 Å². The van der Waals surface area contributed by atoms with Crippen molar-refractivity contribution < 1.29 is 9.90 Å². The summed E-state index contributed by atoms with van der Waals surface area (Å²) >= 11 is 5.65. The molecule has 0 saturated heterocycles. The minimum absolute atomic E-state index is 0.0337. The number of halogens is 1. The molecule has 0 bridgehead atoms. The maximum atomic E-state index is 10.8. The molecule has 6 heteroatoms. The summed E-state index contributed by atoms with van der Waals surface area (Å²) in [5.74, 6) is -1.20. The second kappa shape index (κ2) is 6.15. The van der Waals surface area contributed by atoms with Crippen LogP contribution in [-0.2, 0) is 6.42 Å². The standard InChI is InChI=1S/C13H12ClN3O2/c14-10-8-16-13(17-11(10)12(18)19)15-7-6-9-4-2-1-3-5-9/h1-5,8H,6-7H2,(H,18,19)(H,15,16,17)/p-1. The van der Waals surface area contributed by atoms with Gasteiger partial charge in [0.05, 0.1) is 17.2 Å².